The molecule has 282 valence electrons. The van der Waals surface area contributed by atoms with Crippen molar-refractivity contribution in [2.75, 3.05) is 4.90 Å². The second kappa shape index (κ2) is 14.9. The Bertz CT molecular complexity index is 3080. The SMILES string of the molecule is c1ccc(-c2cccc(-c3ccc(N(c4ccc(-c5cccc6ccccc56)cc4)c4cccc(C5(c6ccccc6)c6ccccc6-c6ccccc65)c4)cc3)c2)cc1. The minimum atomic E-state index is -0.498. The first-order valence-electron chi connectivity index (χ1n) is 20.8. The Hall–Kier alpha value is -7.74. The summed E-state index contributed by atoms with van der Waals surface area (Å²) < 4.78 is 0. The Morgan fingerprint density at radius 1 is 0.267 bits per heavy atom. The van der Waals surface area contributed by atoms with E-state index in [0.29, 0.717) is 0 Å². The molecule has 0 radical (unpaired) electrons. The molecule has 0 saturated carbocycles. The molecule has 0 N–H and O–H groups in total. The van der Waals surface area contributed by atoms with E-state index in [1.807, 2.05) is 0 Å². The molecule has 1 heteroatoms. The summed E-state index contributed by atoms with van der Waals surface area (Å²) in [5.74, 6) is 0. The maximum atomic E-state index is 2.42. The van der Waals surface area contributed by atoms with Crippen LogP contribution in [0.2, 0.25) is 0 Å². The molecule has 0 amide bonds. The van der Waals surface area contributed by atoms with E-state index >= 15 is 0 Å². The summed E-state index contributed by atoms with van der Waals surface area (Å²) in [6.07, 6.45) is 0. The number of fused-ring (bicyclic) bond motifs is 4. The van der Waals surface area contributed by atoms with Crippen molar-refractivity contribution in [3.63, 3.8) is 0 Å². The summed E-state index contributed by atoms with van der Waals surface area (Å²) in [6, 6.07) is 91.0. The maximum absolute atomic E-state index is 2.42. The average molecular weight is 764 g/mol. The maximum Gasteiger partial charge on any atom is 0.0714 e. The molecule has 0 fully saturated rings. The summed E-state index contributed by atoms with van der Waals surface area (Å²) in [5, 5.41) is 2.50. The van der Waals surface area contributed by atoms with Crippen LogP contribution in [0.15, 0.2) is 249 Å². The molecule has 11 rings (SSSR count). The summed E-state index contributed by atoms with van der Waals surface area (Å²) in [7, 11) is 0. The van der Waals surface area contributed by atoms with Gasteiger partial charge in [0.05, 0.1) is 5.41 Å². The molecule has 0 saturated heterocycles. The number of rotatable bonds is 8. The second-order valence-corrected chi connectivity index (χ2v) is 15.7. The van der Waals surface area contributed by atoms with Gasteiger partial charge in [-0.1, -0.05) is 206 Å². The Kier molecular flexibility index (Phi) is 8.79. The van der Waals surface area contributed by atoms with Crippen molar-refractivity contribution in [3.8, 4) is 44.5 Å². The lowest BCUT2D eigenvalue weighted by Crippen LogP contribution is -2.28. The first-order valence-corrected chi connectivity index (χ1v) is 20.8. The lowest BCUT2D eigenvalue weighted by Gasteiger charge is -2.35. The Morgan fingerprint density at radius 3 is 1.42 bits per heavy atom. The van der Waals surface area contributed by atoms with Gasteiger partial charge in [-0.25, -0.2) is 0 Å². The molecule has 1 aliphatic carbocycles. The third-order valence-corrected chi connectivity index (χ3v) is 12.4. The largest absolute Gasteiger partial charge is 0.310 e. The first-order chi connectivity index (χ1) is 29.8. The van der Waals surface area contributed by atoms with Gasteiger partial charge in [0.1, 0.15) is 0 Å². The van der Waals surface area contributed by atoms with Gasteiger partial charge in [0.15, 0.2) is 0 Å². The van der Waals surface area contributed by atoms with Crippen molar-refractivity contribution in [2.24, 2.45) is 0 Å². The summed E-state index contributed by atoms with van der Waals surface area (Å²) in [6.45, 7) is 0. The van der Waals surface area contributed by atoms with E-state index in [1.165, 1.54) is 77.5 Å². The van der Waals surface area contributed by atoms with E-state index in [1.54, 1.807) is 0 Å². The van der Waals surface area contributed by atoms with Crippen LogP contribution in [0.4, 0.5) is 17.1 Å². The third-order valence-electron chi connectivity index (χ3n) is 12.4. The van der Waals surface area contributed by atoms with Crippen LogP contribution in [-0.4, -0.2) is 0 Å². The molecule has 0 atom stereocenters. The van der Waals surface area contributed by atoms with E-state index in [0.717, 1.165) is 17.1 Å². The Balaban J connectivity index is 1.07. The molecule has 0 heterocycles. The highest BCUT2D eigenvalue weighted by atomic mass is 15.1. The second-order valence-electron chi connectivity index (χ2n) is 15.7. The van der Waals surface area contributed by atoms with Gasteiger partial charge in [-0.05, 0) is 120 Å². The molecule has 0 bridgehead atoms. The number of hydrogen-bond donors (Lipinski definition) is 0. The predicted octanol–water partition coefficient (Wildman–Crippen LogP) is 15.7. The molecule has 0 spiro atoms. The van der Waals surface area contributed by atoms with Gasteiger partial charge < -0.3 is 4.90 Å². The van der Waals surface area contributed by atoms with Crippen LogP contribution in [-0.2, 0) is 5.41 Å². The van der Waals surface area contributed by atoms with Gasteiger partial charge in [-0.15, -0.1) is 0 Å². The summed E-state index contributed by atoms with van der Waals surface area (Å²) >= 11 is 0. The lowest BCUT2D eigenvalue weighted by molar-refractivity contribution is 0.768. The predicted molar refractivity (Wildman–Crippen MR) is 252 cm³/mol. The van der Waals surface area contributed by atoms with Crippen LogP contribution >= 0.6 is 0 Å². The zero-order valence-corrected chi connectivity index (χ0v) is 33.1. The van der Waals surface area contributed by atoms with E-state index in [9.17, 15) is 0 Å². The standard InChI is InChI=1S/C59H41N/c1-3-16-42(17-4-1)46-20-13-21-47(40-46)43-32-36-50(37-33-43)60(51-38-34-45(35-39-51)54-29-14-19-44-18-7-8-26-53(44)54)52-25-15-24-49(41-52)59(48-22-5-2-6-23-48)57-30-11-9-27-55(57)56-28-10-12-31-58(56)59/h1-41H. The fourth-order valence-electron chi connectivity index (χ4n) is 9.62. The van der Waals surface area contributed by atoms with E-state index in [4.69, 9.17) is 0 Å². The minimum Gasteiger partial charge on any atom is -0.310 e. The van der Waals surface area contributed by atoms with Crippen molar-refractivity contribution < 1.29 is 0 Å². The number of benzene rings is 10. The van der Waals surface area contributed by atoms with Crippen LogP contribution in [0.25, 0.3) is 55.3 Å². The number of nitrogens with zero attached hydrogens (tertiary/aromatic N) is 1. The van der Waals surface area contributed by atoms with Gasteiger partial charge in [0.25, 0.3) is 0 Å². The van der Waals surface area contributed by atoms with Crippen molar-refractivity contribution in [3.05, 3.63) is 271 Å². The zero-order chi connectivity index (χ0) is 39.9. The molecule has 0 aliphatic heterocycles. The molecule has 10 aromatic carbocycles. The Morgan fingerprint density at radius 2 is 0.733 bits per heavy atom. The highest BCUT2D eigenvalue weighted by Gasteiger charge is 2.46. The molecule has 1 aliphatic rings. The van der Waals surface area contributed by atoms with Gasteiger partial charge in [0, 0.05) is 17.1 Å². The van der Waals surface area contributed by atoms with Gasteiger partial charge in [0.2, 0.25) is 0 Å². The highest BCUT2D eigenvalue weighted by molar-refractivity contribution is 5.97. The normalized spacial score (nSPS) is 12.5. The molecule has 60 heavy (non-hydrogen) atoms. The van der Waals surface area contributed by atoms with Gasteiger partial charge in [-0.3, -0.25) is 0 Å². The lowest BCUT2D eigenvalue weighted by atomic mass is 9.67. The zero-order valence-electron chi connectivity index (χ0n) is 33.1. The number of anilines is 3. The number of hydrogen-bond acceptors (Lipinski definition) is 1. The monoisotopic (exact) mass is 763 g/mol. The molecular weight excluding hydrogens is 723 g/mol. The summed E-state index contributed by atoms with van der Waals surface area (Å²) in [4.78, 5) is 2.41. The highest BCUT2D eigenvalue weighted by Crippen LogP contribution is 2.56. The van der Waals surface area contributed by atoms with Crippen LogP contribution < -0.4 is 4.90 Å². The molecule has 0 aromatic heterocycles. The van der Waals surface area contributed by atoms with Gasteiger partial charge >= 0.3 is 0 Å². The van der Waals surface area contributed by atoms with E-state index < -0.39 is 5.41 Å². The van der Waals surface area contributed by atoms with E-state index in [-0.39, 0.29) is 0 Å². The van der Waals surface area contributed by atoms with E-state index in [2.05, 4.69) is 254 Å². The van der Waals surface area contributed by atoms with Crippen LogP contribution in [0.1, 0.15) is 22.3 Å². The van der Waals surface area contributed by atoms with Crippen LogP contribution in [0.3, 0.4) is 0 Å². The molecule has 0 unspecified atom stereocenters. The Labute approximate surface area is 352 Å². The molecule has 1 nitrogen and oxygen atoms in total. The van der Waals surface area contributed by atoms with Crippen LogP contribution in [0, 0.1) is 0 Å². The molecule has 10 aromatic rings. The smallest absolute Gasteiger partial charge is 0.0714 e. The fraction of sp³-hybridized carbons (Fsp3) is 0.0169. The van der Waals surface area contributed by atoms with Crippen LogP contribution in [0.5, 0.6) is 0 Å². The quantitative estimate of drug-likeness (QED) is 0.149. The van der Waals surface area contributed by atoms with Gasteiger partial charge in [-0.2, -0.15) is 0 Å². The van der Waals surface area contributed by atoms with Crippen molar-refractivity contribution in [2.45, 2.75) is 5.41 Å². The topological polar surface area (TPSA) is 3.24 Å². The van der Waals surface area contributed by atoms with Crippen molar-refractivity contribution in [1.29, 1.82) is 0 Å². The first kappa shape index (κ1) is 35.4. The van der Waals surface area contributed by atoms with Crippen molar-refractivity contribution in [1.82, 2.24) is 0 Å². The molecular formula is C59H41N. The van der Waals surface area contributed by atoms with Crippen molar-refractivity contribution >= 4 is 27.8 Å². The minimum absolute atomic E-state index is 0.498. The average Bonchev–Trinajstić information content (AvgIpc) is 3.64. The third kappa shape index (κ3) is 5.94. The fourth-order valence-corrected chi connectivity index (χ4v) is 9.62. The summed E-state index contributed by atoms with van der Waals surface area (Å²) in [5.41, 5.74) is 17.7.